The van der Waals surface area contributed by atoms with E-state index in [2.05, 4.69) is 20.3 Å². The molecule has 3 aromatic carbocycles. The van der Waals surface area contributed by atoms with Crippen LogP contribution in [0.1, 0.15) is 5.89 Å². The molecule has 2 N–H and O–H groups in total. The van der Waals surface area contributed by atoms with Gasteiger partial charge >= 0.3 is 0 Å². The van der Waals surface area contributed by atoms with Crippen LogP contribution in [0.25, 0.3) is 28.2 Å². The number of fused-ring (bicyclic) bond motifs is 3. The zero-order chi connectivity index (χ0) is 20.2. The lowest BCUT2D eigenvalue weighted by molar-refractivity contribution is 0.457. The number of allylic oxidation sites excluding steroid dienone is 2. The van der Waals surface area contributed by atoms with Gasteiger partial charge in [0.1, 0.15) is 5.52 Å². The molecule has 146 valence electrons. The van der Waals surface area contributed by atoms with Gasteiger partial charge in [0.25, 0.3) is 0 Å². The highest BCUT2D eigenvalue weighted by atomic mass is 16.5. The van der Waals surface area contributed by atoms with Crippen LogP contribution in [0.2, 0.25) is 0 Å². The third-order valence-electron chi connectivity index (χ3n) is 4.49. The summed E-state index contributed by atoms with van der Waals surface area (Å²) in [6.07, 6.45) is 7.19. The van der Waals surface area contributed by atoms with Gasteiger partial charge in [-0.2, -0.15) is 0 Å². The number of H-pyrrole nitrogens is 1. The highest BCUT2D eigenvalue weighted by Crippen LogP contribution is 2.32. The van der Waals surface area contributed by atoms with E-state index in [1.165, 1.54) is 0 Å². The summed E-state index contributed by atoms with van der Waals surface area (Å²) in [4.78, 5) is 11.4. The molecule has 1 aliphatic heterocycles. The van der Waals surface area contributed by atoms with Gasteiger partial charge in [-0.3, -0.25) is 0 Å². The Bertz CT molecular complexity index is 1270. The number of para-hydroxylation sites is 6. The first kappa shape index (κ1) is 17.8. The minimum Gasteiger partial charge on any atom is -0.439 e. The van der Waals surface area contributed by atoms with Crippen molar-refractivity contribution in [3.8, 4) is 5.75 Å². The molecule has 0 amide bonds. The van der Waals surface area contributed by atoms with Crippen molar-refractivity contribution in [2.75, 3.05) is 5.32 Å². The van der Waals surface area contributed by atoms with Crippen LogP contribution in [-0.2, 0) is 0 Å². The van der Waals surface area contributed by atoms with E-state index in [9.17, 15) is 0 Å². The number of nitrogens with zero attached hydrogens (tertiary/aromatic N) is 2. The monoisotopic (exact) mass is 394 g/mol. The fraction of sp³-hybridized carbons (Fsp3) is 0. The zero-order valence-electron chi connectivity index (χ0n) is 15.9. The zero-order valence-corrected chi connectivity index (χ0v) is 15.9. The third-order valence-corrected chi connectivity index (χ3v) is 4.49. The van der Waals surface area contributed by atoms with Gasteiger partial charge < -0.3 is 19.5 Å². The number of oxazole rings is 1. The molecule has 0 fully saturated rings. The van der Waals surface area contributed by atoms with Gasteiger partial charge in [0.2, 0.25) is 5.89 Å². The van der Waals surface area contributed by atoms with E-state index in [1.54, 1.807) is 12.4 Å². The SMILES string of the molecule is C(=Cc1nc2ccccc2o1)C=C1Nc2ccccc2O1.c1ccc2[nH]cnc2c1. The molecule has 2 aromatic heterocycles. The normalized spacial score (nSPS) is 13.8. The number of hydrogen-bond acceptors (Lipinski definition) is 5. The van der Waals surface area contributed by atoms with Crippen molar-refractivity contribution < 1.29 is 9.15 Å². The van der Waals surface area contributed by atoms with Gasteiger partial charge in [-0.25, -0.2) is 9.97 Å². The van der Waals surface area contributed by atoms with Crippen LogP contribution < -0.4 is 10.1 Å². The summed E-state index contributed by atoms with van der Waals surface area (Å²) in [5, 5.41) is 3.18. The van der Waals surface area contributed by atoms with E-state index in [1.807, 2.05) is 84.9 Å². The highest BCUT2D eigenvalue weighted by Gasteiger charge is 2.14. The van der Waals surface area contributed by atoms with Crippen molar-refractivity contribution in [1.29, 1.82) is 0 Å². The Kier molecular flexibility index (Phi) is 4.72. The number of hydrogen-bond donors (Lipinski definition) is 2. The Morgan fingerprint density at radius 1 is 0.833 bits per heavy atom. The molecule has 0 saturated carbocycles. The largest absolute Gasteiger partial charge is 0.439 e. The quantitative estimate of drug-likeness (QED) is 0.399. The van der Waals surface area contributed by atoms with E-state index in [0.29, 0.717) is 11.8 Å². The Hall–Kier alpha value is -4.32. The van der Waals surface area contributed by atoms with Crippen molar-refractivity contribution in [1.82, 2.24) is 15.0 Å². The molecule has 3 heterocycles. The van der Waals surface area contributed by atoms with E-state index >= 15 is 0 Å². The maximum absolute atomic E-state index is 5.65. The van der Waals surface area contributed by atoms with Crippen LogP contribution >= 0.6 is 0 Å². The Morgan fingerprint density at radius 2 is 1.63 bits per heavy atom. The second-order valence-electron chi connectivity index (χ2n) is 6.55. The number of anilines is 1. The summed E-state index contributed by atoms with van der Waals surface area (Å²) in [6.45, 7) is 0. The molecule has 0 bridgehead atoms. The average molecular weight is 394 g/mol. The fourth-order valence-corrected chi connectivity index (χ4v) is 3.07. The molecular formula is C24H18N4O2. The van der Waals surface area contributed by atoms with Crippen LogP contribution in [0.4, 0.5) is 5.69 Å². The van der Waals surface area contributed by atoms with E-state index in [4.69, 9.17) is 9.15 Å². The third kappa shape index (κ3) is 3.79. The van der Waals surface area contributed by atoms with Crippen LogP contribution in [0.5, 0.6) is 5.75 Å². The number of nitrogens with one attached hydrogen (secondary N) is 2. The Balaban J connectivity index is 0.000000178. The van der Waals surface area contributed by atoms with Gasteiger partial charge in [0.05, 0.1) is 23.0 Å². The standard InChI is InChI=1S/C17H12N2O2.C7H6N2/c1-3-8-14-12(6-1)18-16(20-14)10-5-11-17-19-13-7-2-4-9-15(13)21-17;1-2-4-7-6(3-1)8-5-9-7/h1-11,18H;1-5H,(H,8,9). The first-order valence-electron chi connectivity index (χ1n) is 9.51. The number of aromatic nitrogens is 3. The highest BCUT2D eigenvalue weighted by molar-refractivity contribution is 5.74. The van der Waals surface area contributed by atoms with E-state index < -0.39 is 0 Å². The van der Waals surface area contributed by atoms with Crippen molar-refractivity contribution in [2.45, 2.75) is 0 Å². The average Bonchev–Trinajstić information content (AvgIpc) is 3.51. The van der Waals surface area contributed by atoms with E-state index in [-0.39, 0.29) is 0 Å². The van der Waals surface area contributed by atoms with Gasteiger partial charge in [-0.05, 0) is 42.5 Å². The summed E-state index contributed by atoms with van der Waals surface area (Å²) in [5.74, 6) is 2.09. The summed E-state index contributed by atoms with van der Waals surface area (Å²) >= 11 is 0. The minimum absolute atomic E-state index is 0.573. The predicted molar refractivity (Wildman–Crippen MR) is 118 cm³/mol. The molecule has 0 saturated heterocycles. The van der Waals surface area contributed by atoms with Crippen molar-refractivity contribution in [2.24, 2.45) is 0 Å². The molecular weight excluding hydrogens is 376 g/mol. The van der Waals surface area contributed by atoms with Gasteiger partial charge in [0.15, 0.2) is 17.2 Å². The predicted octanol–water partition coefficient (Wildman–Crippen LogP) is 5.75. The molecule has 0 atom stereocenters. The number of imidazole rings is 1. The lowest BCUT2D eigenvalue weighted by Gasteiger charge is -1.94. The van der Waals surface area contributed by atoms with Crippen LogP contribution in [0.3, 0.4) is 0 Å². The Morgan fingerprint density at radius 3 is 2.50 bits per heavy atom. The molecule has 6 rings (SSSR count). The second-order valence-corrected chi connectivity index (χ2v) is 6.55. The first-order chi connectivity index (χ1) is 14.8. The Labute approximate surface area is 172 Å². The summed E-state index contributed by atoms with van der Waals surface area (Å²) in [6, 6.07) is 23.4. The number of rotatable bonds is 2. The molecule has 6 heteroatoms. The van der Waals surface area contributed by atoms with Crippen molar-refractivity contribution >= 4 is 33.9 Å². The molecule has 0 aliphatic carbocycles. The second kappa shape index (κ2) is 7.97. The van der Waals surface area contributed by atoms with Gasteiger partial charge in [-0.15, -0.1) is 0 Å². The molecule has 30 heavy (non-hydrogen) atoms. The molecule has 1 aliphatic rings. The molecule has 0 spiro atoms. The summed E-state index contributed by atoms with van der Waals surface area (Å²) in [5.41, 5.74) is 4.73. The summed E-state index contributed by atoms with van der Waals surface area (Å²) in [7, 11) is 0. The number of aromatic amines is 1. The maximum atomic E-state index is 5.65. The van der Waals surface area contributed by atoms with Gasteiger partial charge in [0, 0.05) is 6.08 Å². The maximum Gasteiger partial charge on any atom is 0.219 e. The molecule has 0 radical (unpaired) electrons. The number of benzene rings is 3. The van der Waals surface area contributed by atoms with Crippen molar-refractivity contribution in [3.63, 3.8) is 0 Å². The van der Waals surface area contributed by atoms with Crippen LogP contribution in [-0.4, -0.2) is 15.0 Å². The van der Waals surface area contributed by atoms with E-state index in [0.717, 1.165) is 33.6 Å². The van der Waals surface area contributed by atoms with Crippen molar-refractivity contribution in [3.05, 3.63) is 103 Å². The molecule has 6 nitrogen and oxygen atoms in total. The summed E-state index contributed by atoms with van der Waals surface area (Å²) < 4.78 is 11.3. The van der Waals surface area contributed by atoms with Gasteiger partial charge in [-0.1, -0.05) is 42.5 Å². The lowest BCUT2D eigenvalue weighted by Crippen LogP contribution is -1.95. The topological polar surface area (TPSA) is 76.0 Å². The lowest BCUT2D eigenvalue weighted by atomic mass is 10.3. The first-order valence-corrected chi connectivity index (χ1v) is 9.51. The van der Waals surface area contributed by atoms with Crippen LogP contribution in [0, 0.1) is 0 Å². The smallest absolute Gasteiger partial charge is 0.219 e. The molecule has 0 unspecified atom stereocenters. The van der Waals surface area contributed by atoms with Crippen LogP contribution in [0.15, 0.2) is 102 Å². The molecule has 5 aromatic rings. The fourth-order valence-electron chi connectivity index (χ4n) is 3.07. The number of ether oxygens (including phenoxy) is 1. The minimum atomic E-state index is 0.573.